The second-order valence-electron chi connectivity index (χ2n) is 4.19. The third-order valence-electron chi connectivity index (χ3n) is 2.92. The van der Waals surface area contributed by atoms with Gasteiger partial charge < -0.3 is 9.67 Å². The summed E-state index contributed by atoms with van der Waals surface area (Å²) in [6, 6.07) is 8.84. The van der Waals surface area contributed by atoms with Crippen LogP contribution in [-0.4, -0.2) is 15.5 Å². The van der Waals surface area contributed by atoms with Gasteiger partial charge in [0.15, 0.2) is 5.78 Å². The zero-order valence-electron chi connectivity index (χ0n) is 10.2. The summed E-state index contributed by atoms with van der Waals surface area (Å²) in [6.07, 6.45) is 0. The number of phenolic OH excluding ortho intramolecular Hbond substituents is 1. The smallest absolute Gasteiger partial charge is 0.161 e. The van der Waals surface area contributed by atoms with Crippen LogP contribution >= 0.6 is 0 Å². The van der Waals surface area contributed by atoms with Crippen molar-refractivity contribution in [1.82, 2.24) is 4.57 Å². The molecule has 88 valence electrons. The Labute approximate surface area is 100 Å². The number of ketones is 1. The van der Waals surface area contributed by atoms with Crippen molar-refractivity contribution in [2.75, 3.05) is 0 Å². The van der Waals surface area contributed by atoms with Crippen LogP contribution < -0.4 is 0 Å². The third kappa shape index (κ3) is 1.96. The number of rotatable bonds is 2. The molecule has 0 atom stereocenters. The number of phenols is 1. The van der Waals surface area contributed by atoms with Crippen molar-refractivity contribution < 1.29 is 9.90 Å². The van der Waals surface area contributed by atoms with E-state index in [0.717, 1.165) is 22.6 Å². The van der Waals surface area contributed by atoms with Crippen LogP contribution in [0.15, 0.2) is 30.3 Å². The summed E-state index contributed by atoms with van der Waals surface area (Å²) in [4.78, 5) is 11.5. The van der Waals surface area contributed by atoms with Gasteiger partial charge in [-0.15, -0.1) is 0 Å². The van der Waals surface area contributed by atoms with Gasteiger partial charge in [-0.25, -0.2) is 0 Å². The summed E-state index contributed by atoms with van der Waals surface area (Å²) in [7, 11) is 0. The molecule has 17 heavy (non-hydrogen) atoms. The monoisotopic (exact) mass is 229 g/mol. The number of aryl methyl sites for hydroxylation is 1. The molecule has 0 spiro atoms. The second-order valence-corrected chi connectivity index (χ2v) is 4.19. The van der Waals surface area contributed by atoms with Gasteiger partial charge >= 0.3 is 0 Å². The summed E-state index contributed by atoms with van der Waals surface area (Å²) >= 11 is 0. The summed E-state index contributed by atoms with van der Waals surface area (Å²) < 4.78 is 2.01. The van der Waals surface area contributed by atoms with Gasteiger partial charge in [-0.2, -0.15) is 0 Å². The second kappa shape index (κ2) is 4.09. The van der Waals surface area contributed by atoms with E-state index in [1.165, 1.54) is 0 Å². The first-order valence-corrected chi connectivity index (χ1v) is 5.50. The summed E-state index contributed by atoms with van der Waals surface area (Å²) in [5.74, 6) is 0.311. The van der Waals surface area contributed by atoms with Crippen LogP contribution in [0.2, 0.25) is 0 Å². The standard InChI is InChI=1S/C14H15NO2/c1-9-8-14(11(3)16)10(2)15(9)12-4-6-13(17)7-5-12/h4-8,17H,1-3H3. The minimum Gasteiger partial charge on any atom is -0.508 e. The minimum atomic E-state index is 0.0723. The van der Waals surface area contributed by atoms with Gasteiger partial charge in [0.1, 0.15) is 5.75 Å². The lowest BCUT2D eigenvalue weighted by molar-refractivity contribution is 0.101. The maximum Gasteiger partial charge on any atom is 0.161 e. The van der Waals surface area contributed by atoms with Crippen molar-refractivity contribution in [2.45, 2.75) is 20.8 Å². The number of benzene rings is 1. The van der Waals surface area contributed by atoms with Gasteiger partial charge in [0.05, 0.1) is 0 Å². The fraction of sp³-hybridized carbons (Fsp3) is 0.214. The molecule has 1 heterocycles. The number of hydrogen-bond acceptors (Lipinski definition) is 2. The average molecular weight is 229 g/mol. The number of carbonyl (C=O) groups excluding carboxylic acids is 1. The van der Waals surface area contributed by atoms with Gasteiger partial charge in [-0.1, -0.05) is 0 Å². The molecule has 0 aliphatic carbocycles. The Morgan fingerprint density at radius 1 is 1.18 bits per heavy atom. The molecule has 0 fully saturated rings. The Morgan fingerprint density at radius 2 is 1.76 bits per heavy atom. The SMILES string of the molecule is CC(=O)c1cc(C)n(-c2ccc(O)cc2)c1C. The van der Waals surface area contributed by atoms with E-state index in [0.29, 0.717) is 0 Å². The van der Waals surface area contributed by atoms with Crippen LogP contribution in [0.25, 0.3) is 5.69 Å². The number of aromatic nitrogens is 1. The highest BCUT2D eigenvalue weighted by Gasteiger charge is 2.13. The van der Waals surface area contributed by atoms with E-state index in [9.17, 15) is 9.90 Å². The van der Waals surface area contributed by atoms with Crippen molar-refractivity contribution in [3.63, 3.8) is 0 Å². The van der Waals surface area contributed by atoms with Gasteiger partial charge in [0, 0.05) is 22.6 Å². The first-order valence-electron chi connectivity index (χ1n) is 5.50. The van der Waals surface area contributed by atoms with Gasteiger partial charge in [0.2, 0.25) is 0 Å². The van der Waals surface area contributed by atoms with E-state index < -0.39 is 0 Å². The Hall–Kier alpha value is -2.03. The molecule has 0 saturated carbocycles. The lowest BCUT2D eigenvalue weighted by Gasteiger charge is -2.09. The number of Topliss-reactive ketones (excluding diaryl/α,β-unsaturated/α-hetero) is 1. The van der Waals surface area contributed by atoms with E-state index in [-0.39, 0.29) is 11.5 Å². The fourth-order valence-corrected chi connectivity index (χ4v) is 2.12. The van der Waals surface area contributed by atoms with Crippen LogP contribution in [-0.2, 0) is 0 Å². The molecule has 3 heteroatoms. The molecule has 1 aromatic carbocycles. The quantitative estimate of drug-likeness (QED) is 0.804. The van der Waals surface area contributed by atoms with Crippen molar-refractivity contribution in [1.29, 1.82) is 0 Å². The van der Waals surface area contributed by atoms with E-state index in [2.05, 4.69) is 0 Å². The van der Waals surface area contributed by atoms with Crippen molar-refractivity contribution in [3.8, 4) is 11.4 Å². The van der Waals surface area contributed by atoms with Gasteiger partial charge in [-0.3, -0.25) is 4.79 Å². The molecule has 0 aliphatic rings. The van der Waals surface area contributed by atoms with Crippen LogP contribution in [0.4, 0.5) is 0 Å². The Balaban J connectivity index is 2.59. The molecule has 1 aromatic heterocycles. The zero-order valence-corrected chi connectivity index (χ0v) is 10.2. The number of aromatic hydroxyl groups is 1. The summed E-state index contributed by atoms with van der Waals surface area (Å²) in [5.41, 5.74) is 3.64. The molecule has 0 aliphatic heterocycles. The van der Waals surface area contributed by atoms with E-state index in [4.69, 9.17) is 0 Å². The lowest BCUT2D eigenvalue weighted by Crippen LogP contribution is -2.00. The zero-order chi connectivity index (χ0) is 12.6. The predicted molar refractivity (Wildman–Crippen MR) is 66.9 cm³/mol. The third-order valence-corrected chi connectivity index (χ3v) is 2.92. The minimum absolute atomic E-state index is 0.0723. The van der Waals surface area contributed by atoms with Crippen LogP contribution in [0.1, 0.15) is 28.7 Å². The van der Waals surface area contributed by atoms with E-state index in [1.54, 1.807) is 19.1 Å². The average Bonchev–Trinajstić information content (AvgIpc) is 2.56. The first-order chi connectivity index (χ1) is 8.00. The van der Waals surface area contributed by atoms with E-state index >= 15 is 0 Å². The van der Waals surface area contributed by atoms with Gasteiger partial charge in [0.25, 0.3) is 0 Å². The molecule has 2 aromatic rings. The van der Waals surface area contributed by atoms with Crippen LogP contribution in [0, 0.1) is 13.8 Å². The Morgan fingerprint density at radius 3 is 2.24 bits per heavy atom. The van der Waals surface area contributed by atoms with Crippen LogP contribution in [0.3, 0.4) is 0 Å². The van der Waals surface area contributed by atoms with Crippen molar-refractivity contribution >= 4 is 5.78 Å². The Kier molecular flexibility index (Phi) is 2.76. The maximum atomic E-state index is 11.5. The topological polar surface area (TPSA) is 42.2 Å². The summed E-state index contributed by atoms with van der Waals surface area (Å²) in [6.45, 7) is 5.46. The van der Waals surface area contributed by atoms with Crippen LogP contribution in [0.5, 0.6) is 5.75 Å². The molecular weight excluding hydrogens is 214 g/mol. The predicted octanol–water partition coefficient (Wildman–Crippen LogP) is 3.00. The number of hydrogen-bond donors (Lipinski definition) is 1. The molecule has 0 saturated heterocycles. The first kappa shape index (κ1) is 11.5. The lowest BCUT2D eigenvalue weighted by atomic mass is 10.2. The highest BCUT2D eigenvalue weighted by molar-refractivity contribution is 5.95. The largest absolute Gasteiger partial charge is 0.508 e. The van der Waals surface area contributed by atoms with Gasteiger partial charge in [-0.05, 0) is 51.1 Å². The molecule has 1 N–H and O–H groups in total. The van der Waals surface area contributed by atoms with E-state index in [1.807, 2.05) is 36.6 Å². The molecule has 0 unspecified atom stereocenters. The fourth-order valence-electron chi connectivity index (χ4n) is 2.12. The molecule has 0 radical (unpaired) electrons. The number of nitrogens with zero attached hydrogens (tertiary/aromatic N) is 1. The van der Waals surface area contributed by atoms with Crippen molar-refractivity contribution in [3.05, 3.63) is 47.3 Å². The Bertz CT molecular complexity index is 565. The molecule has 2 rings (SSSR count). The highest BCUT2D eigenvalue weighted by atomic mass is 16.3. The number of carbonyl (C=O) groups is 1. The van der Waals surface area contributed by atoms with Crippen molar-refractivity contribution in [2.24, 2.45) is 0 Å². The maximum absolute atomic E-state index is 11.5. The molecule has 3 nitrogen and oxygen atoms in total. The molecule has 0 bridgehead atoms. The summed E-state index contributed by atoms with van der Waals surface area (Å²) in [5, 5.41) is 9.27. The normalized spacial score (nSPS) is 10.5. The molecular formula is C14H15NO2. The highest BCUT2D eigenvalue weighted by Crippen LogP contribution is 2.22. The molecule has 0 amide bonds.